The van der Waals surface area contributed by atoms with E-state index in [1.54, 1.807) is 12.3 Å². The largest absolute Gasteiger partial charge is 0.366 e. The van der Waals surface area contributed by atoms with E-state index in [1.807, 2.05) is 0 Å². The van der Waals surface area contributed by atoms with Gasteiger partial charge in [0, 0.05) is 25.7 Å². The van der Waals surface area contributed by atoms with E-state index in [-0.39, 0.29) is 5.56 Å². The monoisotopic (exact) mass is 338 g/mol. The topological polar surface area (TPSA) is 50.2 Å². The average molecular weight is 339 g/mol. The fraction of sp³-hybridized carbons (Fsp3) is 0.571. The number of hydrogen-bond acceptors (Lipinski definition) is 4. The van der Waals surface area contributed by atoms with Gasteiger partial charge in [-0.2, -0.15) is 5.10 Å². The molecule has 108 valence electrons. The Balaban J connectivity index is 1.93. The zero-order valence-corrected chi connectivity index (χ0v) is 13.1. The second-order valence-electron chi connectivity index (χ2n) is 5.59. The Morgan fingerprint density at radius 3 is 3.10 bits per heavy atom. The molecule has 2 saturated heterocycles. The molecule has 0 amide bonds. The first-order valence-electron chi connectivity index (χ1n) is 6.97. The van der Waals surface area contributed by atoms with E-state index in [4.69, 9.17) is 0 Å². The Labute approximate surface area is 126 Å². The summed E-state index contributed by atoms with van der Waals surface area (Å²) < 4.78 is 2.03. The first kappa shape index (κ1) is 13.8. The van der Waals surface area contributed by atoms with E-state index < -0.39 is 0 Å². The summed E-state index contributed by atoms with van der Waals surface area (Å²) in [6, 6.07) is 0.433. The van der Waals surface area contributed by atoms with Gasteiger partial charge in [0.05, 0.1) is 18.4 Å². The number of hydrogen-bond donors (Lipinski definition) is 1. The minimum absolute atomic E-state index is 0.0928. The zero-order chi connectivity index (χ0) is 14.3. The third-order valence-electron chi connectivity index (χ3n) is 4.51. The highest BCUT2D eigenvalue weighted by Crippen LogP contribution is 2.37. The van der Waals surface area contributed by atoms with Crippen molar-refractivity contribution in [2.45, 2.75) is 19.5 Å². The summed E-state index contributed by atoms with van der Waals surface area (Å²) in [5.41, 5.74) is 0.821. The standard InChI is InChI=1S/C14H19BrN4O/c1-3-4-19-14(20)13(15)12(7-17-19)18-8-10-5-16-6-11(10)9(18)2/h3,7,9-11,16H,1,4-6,8H2,2H3. The Morgan fingerprint density at radius 2 is 2.40 bits per heavy atom. The van der Waals surface area contributed by atoms with Crippen molar-refractivity contribution in [2.75, 3.05) is 24.5 Å². The van der Waals surface area contributed by atoms with Gasteiger partial charge in [-0.05, 0) is 34.7 Å². The molecule has 2 fully saturated rings. The number of halogens is 1. The van der Waals surface area contributed by atoms with Crippen molar-refractivity contribution >= 4 is 21.6 Å². The third kappa shape index (κ3) is 2.11. The predicted molar refractivity (Wildman–Crippen MR) is 83.1 cm³/mol. The van der Waals surface area contributed by atoms with Crippen LogP contribution in [0.2, 0.25) is 0 Å². The lowest BCUT2D eigenvalue weighted by Gasteiger charge is -2.27. The second kappa shape index (κ2) is 5.33. The van der Waals surface area contributed by atoms with E-state index in [0.29, 0.717) is 28.9 Å². The van der Waals surface area contributed by atoms with Crippen LogP contribution in [0.1, 0.15) is 6.92 Å². The van der Waals surface area contributed by atoms with Crippen molar-refractivity contribution in [3.63, 3.8) is 0 Å². The molecule has 0 saturated carbocycles. The maximum absolute atomic E-state index is 12.3. The smallest absolute Gasteiger partial charge is 0.283 e. The zero-order valence-electron chi connectivity index (χ0n) is 11.6. The van der Waals surface area contributed by atoms with Crippen LogP contribution in [0.25, 0.3) is 0 Å². The molecule has 0 aromatic carbocycles. The van der Waals surface area contributed by atoms with Gasteiger partial charge in [-0.3, -0.25) is 4.79 Å². The summed E-state index contributed by atoms with van der Waals surface area (Å²) in [6.07, 6.45) is 3.47. The molecule has 3 atom stereocenters. The predicted octanol–water partition coefficient (Wildman–Crippen LogP) is 1.24. The van der Waals surface area contributed by atoms with Crippen molar-refractivity contribution in [3.8, 4) is 0 Å². The highest BCUT2D eigenvalue weighted by atomic mass is 79.9. The van der Waals surface area contributed by atoms with Crippen LogP contribution in [0.5, 0.6) is 0 Å². The molecule has 3 heterocycles. The fourth-order valence-electron chi connectivity index (χ4n) is 3.39. The quantitative estimate of drug-likeness (QED) is 0.842. The van der Waals surface area contributed by atoms with Gasteiger partial charge in [-0.15, -0.1) is 6.58 Å². The summed E-state index contributed by atoms with van der Waals surface area (Å²) >= 11 is 3.45. The molecule has 1 aromatic heterocycles. The lowest BCUT2D eigenvalue weighted by Crippen LogP contribution is -2.35. The number of aromatic nitrogens is 2. The van der Waals surface area contributed by atoms with Crippen molar-refractivity contribution in [1.29, 1.82) is 0 Å². The normalized spacial score (nSPS) is 28.7. The molecule has 0 radical (unpaired) electrons. The summed E-state index contributed by atoms with van der Waals surface area (Å²) in [7, 11) is 0. The molecule has 0 aliphatic carbocycles. The Kier molecular flexibility index (Phi) is 3.69. The number of allylic oxidation sites excluding steroid dienone is 1. The maximum atomic E-state index is 12.3. The van der Waals surface area contributed by atoms with Crippen LogP contribution < -0.4 is 15.8 Å². The number of nitrogens with one attached hydrogen (secondary N) is 1. The molecule has 3 unspecified atom stereocenters. The molecular weight excluding hydrogens is 320 g/mol. The van der Waals surface area contributed by atoms with Crippen LogP contribution >= 0.6 is 15.9 Å². The van der Waals surface area contributed by atoms with Gasteiger partial charge in [0.2, 0.25) is 0 Å². The molecule has 0 spiro atoms. The van der Waals surface area contributed by atoms with Gasteiger partial charge in [-0.1, -0.05) is 6.08 Å². The minimum atomic E-state index is -0.0928. The number of anilines is 1. The molecule has 20 heavy (non-hydrogen) atoms. The molecule has 1 aromatic rings. The van der Waals surface area contributed by atoms with Crippen LogP contribution in [-0.2, 0) is 6.54 Å². The number of nitrogens with zero attached hydrogens (tertiary/aromatic N) is 3. The lowest BCUT2D eigenvalue weighted by molar-refractivity contribution is 0.471. The molecule has 3 rings (SSSR count). The van der Waals surface area contributed by atoms with E-state index in [1.165, 1.54) is 4.68 Å². The Morgan fingerprint density at radius 1 is 1.60 bits per heavy atom. The van der Waals surface area contributed by atoms with E-state index >= 15 is 0 Å². The van der Waals surface area contributed by atoms with Gasteiger partial charge in [0.1, 0.15) is 4.47 Å². The van der Waals surface area contributed by atoms with Crippen LogP contribution in [-0.4, -0.2) is 35.5 Å². The molecular formula is C14H19BrN4O. The van der Waals surface area contributed by atoms with Crippen LogP contribution in [0.3, 0.4) is 0 Å². The Bertz CT molecular complexity index is 585. The highest BCUT2D eigenvalue weighted by Gasteiger charge is 2.42. The molecule has 0 bridgehead atoms. The van der Waals surface area contributed by atoms with E-state index in [9.17, 15) is 4.79 Å². The van der Waals surface area contributed by atoms with Crippen molar-refractivity contribution in [2.24, 2.45) is 11.8 Å². The minimum Gasteiger partial charge on any atom is -0.366 e. The lowest BCUT2D eigenvalue weighted by atomic mass is 9.95. The maximum Gasteiger partial charge on any atom is 0.283 e. The van der Waals surface area contributed by atoms with Crippen molar-refractivity contribution in [3.05, 3.63) is 33.7 Å². The van der Waals surface area contributed by atoms with Crippen molar-refractivity contribution < 1.29 is 0 Å². The summed E-state index contributed by atoms with van der Waals surface area (Å²) in [5.74, 6) is 1.34. The molecule has 5 nitrogen and oxygen atoms in total. The van der Waals surface area contributed by atoms with Gasteiger partial charge >= 0.3 is 0 Å². The van der Waals surface area contributed by atoms with E-state index in [2.05, 4.69) is 44.7 Å². The van der Waals surface area contributed by atoms with Crippen LogP contribution in [0.15, 0.2) is 28.1 Å². The highest BCUT2D eigenvalue weighted by molar-refractivity contribution is 9.10. The Hall–Kier alpha value is -1.14. The van der Waals surface area contributed by atoms with Crippen LogP contribution in [0.4, 0.5) is 5.69 Å². The van der Waals surface area contributed by atoms with Crippen molar-refractivity contribution in [1.82, 2.24) is 15.1 Å². The number of rotatable bonds is 3. The van der Waals surface area contributed by atoms with Gasteiger partial charge < -0.3 is 10.2 Å². The molecule has 6 heteroatoms. The number of fused-ring (bicyclic) bond motifs is 1. The summed E-state index contributed by atoms with van der Waals surface area (Å²) in [5, 5.41) is 7.69. The third-order valence-corrected chi connectivity index (χ3v) is 5.26. The van der Waals surface area contributed by atoms with Gasteiger partial charge in [0.25, 0.3) is 5.56 Å². The molecule has 2 aliphatic rings. The fourth-order valence-corrected chi connectivity index (χ4v) is 3.93. The van der Waals surface area contributed by atoms with E-state index in [0.717, 1.165) is 25.3 Å². The summed E-state index contributed by atoms with van der Waals surface area (Å²) in [4.78, 5) is 14.6. The first-order chi connectivity index (χ1) is 9.63. The first-order valence-corrected chi connectivity index (χ1v) is 7.76. The average Bonchev–Trinajstić information content (AvgIpc) is 3.00. The molecule has 1 N–H and O–H groups in total. The van der Waals surface area contributed by atoms with Gasteiger partial charge in [-0.25, -0.2) is 4.68 Å². The SMILES string of the molecule is C=CCn1ncc(N2CC3CNCC3C2C)c(Br)c1=O. The van der Waals surface area contributed by atoms with Crippen LogP contribution in [0, 0.1) is 11.8 Å². The molecule has 2 aliphatic heterocycles. The van der Waals surface area contributed by atoms with Gasteiger partial charge in [0.15, 0.2) is 0 Å². The summed E-state index contributed by atoms with van der Waals surface area (Å²) in [6.45, 7) is 9.45. The second-order valence-corrected chi connectivity index (χ2v) is 6.39.